The number of anilines is 1. The second kappa shape index (κ2) is 7.71. The van der Waals surface area contributed by atoms with Crippen molar-refractivity contribution in [1.29, 1.82) is 0 Å². The van der Waals surface area contributed by atoms with E-state index in [-0.39, 0.29) is 29.2 Å². The van der Waals surface area contributed by atoms with Crippen molar-refractivity contribution in [2.45, 2.75) is 37.2 Å². The van der Waals surface area contributed by atoms with Crippen LogP contribution in [0.4, 0.5) is 5.69 Å². The van der Waals surface area contributed by atoms with E-state index in [1.165, 1.54) is 23.5 Å². The van der Waals surface area contributed by atoms with E-state index in [4.69, 9.17) is 0 Å². The summed E-state index contributed by atoms with van der Waals surface area (Å²) in [6, 6.07) is 9.69. The molecule has 8 heteroatoms. The molecule has 27 heavy (non-hydrogen) atoms. The molecule has 1 saturated carbocycles. The van der Waals surface area contributed by atoms with Crippen molar-refractivity contribution in [3.05, 3.63) is 46.7 Å². The standard InChI is InChI=1S/C19H24N2O4S2/c1-13(2)18(22)21-15-7-9-16(10-8-15)27(24,25)20-12-19(23,14-5-6-14)17-4-3-11-26-17/h3-4,7-11,13-14,20,23H,5-6,12H2,1-2H3,(H,21,22). The lowest BCUT2D eigenvalue weighted by Crippen LogP contribution is -2.41. The molecule has 0 radical (unpaired) electrons. The molecule has 1 aromatic heterocycles. The topological polar surface area (TPSA) is 95.5 Å². The number of carbonyl (C=O) groups is 1. The highest BCUT2D eigenvalue weighted by molar-refractivity contribution is 7.89. The van der Waals surface area contributed by atoms with Crippen LogP contribution in [0, 0.1) is 11.8 Å². The number of carbonyl (C=O) groups excluding carboxylic acids is 1. The number of hydrogen-bond donors (Lipinski definition) is 3. The molecule has 3 N–H and O–H groups in total. The van der Waals surface area contributed by atoms with Gasteiger partial charge in [0.05, 0.1) is 4.90 Å². The molecule has 6 nitrogen and oxygen atoms in total. The predicted molar refractivity (Wildman–Crippen MR) is 106 cm³/mol. The molecular weight excluding hydrogens is 384 g/mol. The van der Waals surface area contributed by atoms with E-state index < -0.39 is 15.6 Å². The van der Waals surface area contributed by atoms with Crippen molar-refractivity contribution in [1.82, 2.24) is 4.72 Å². The third-order valence-electron chi connectivity index (χ3n) is 4.69. The summed E-state index contributed by atoms with van der Waals surface area (Å²) in [6.07, 6.45) is 1.78. The fourth-order valence-corrected chi connectivity index (χ4v) is 4.79. The first-order chi connectivity index (χ1) is 12.7. The van der Waals surface area contributed by atoms with Crippen molar-refractivity contribution in [2.24, 2.45) is 11.8 Å². The van der Waals surface area contributed by atoms with Gasteiger partial charge in [0.2, 0.25) is 15.9 Å². The van der Waals surface area contributed by atoms with Gasteiger partial charge in [0.1, 0.15) is 5.60 Å². The van der Waals surface area contributed by atoms with Crippen LogP contribution >= 0.6 is 11.3 Å². The van der Waals surface area contributed by atoms with E-state index in [1.54, 1.807) is 26.0 Å². The van der Waals surface area contributed by atoms with Crippen LogP contribution < -0.4 is 10.0 Å². The molecule has 3 rings (SSSR count). The molecule has 1 amide bonds. The average Bonchev–Trinajstić information content (AvgIpc) is 3.35. The summed E-state index contributed by atoms with van der Waals surface area (Å²) in [4.78, 5) is 12.6. The monoisotopic (exact) mass is 408 g/mol. The molecule has 1 atom stereocenters. The van der Waals surface area contributed by atoms with Crippen LogP contribution in [0.3, 0.4) is 0 Å². The molecule has 2 aromatic rings. The predicted octanol–water partition coefficient (Wildman–Crippen LogP) is 2.92. The van der Waals surface area contributed by atoms with E-state index in [0.717, 1.165) is 17.7 Å². The quantitative estimate of drug-likeness (QED) is 0.626. The fraction of sp³-hybridized carbons (Fsp3) is 0.421. The zero-order chi connectivity index (χ0) is 19.7. The Balaban J connectivity index is 1.70. The highest BCUT2D eigenvalue weighted by Crippen LogP contribution is 2.46. The fourth-order valence-electron chi connectivity index (χ4n) is 2.81. The third kappa shape index (κ3) is 4.57. The molecule has 0 bridgehead atoms. The number of thiophene rings is 1. The van der Waals surface area contributed by atoms with Crippen LogP contribution in [0.5, 0.6) is 0 Å². The van der Waals surface area contributed by atoms with Gasteiger partial charge in [-0.15, -0.1) is 11.3 Å². The molecule has 0 aliphatic heterocycles. The van der Waals surface area contributed by atoms with Gasteiger partial charge in [-0.1, -0.05) is 19.9 Å². The third-order valence-corrected chi connectivity index (χ3v) is 7.14. The minimum atomic E-state index is -3.77. The van der Waals surface area contributed by atoms with Gasteiger partial charge in [-0.3, -0.25) is 4.79 Å². The molecule has 1 fully saturated rings. The number of nitrogens with one attached hydrogen (secondary N) is 2. The van der Waals surface area contributed by atoms with Crippen LogP contribution in [-0.4, -0.2) is 26.0 Å². The zero-order valence-corrected chi connectivity index (χ0v) is 16.9. The van der Waals surface area contributed by atoms with Gasteiger partial charge < -0.3 is 10.4 Å². The Morgan fingerprint density at radius 2 is 1.93 bits per heavy atom. The van der Waals surface area contributed by atoms with E-state index >= 15 is 0 Å². The maximum atomic E-state index is 12.6. The number of sulfonamides is 1. The maximum Gasteiger partial charge on any atom is 0.240 e. The Morgan fingerprint density at radius 1 is 1.26 bits per heavy atom. The smallest absolute Gasteiger partial charge is 0.240 e. The van der Waals surface area contributed by atoms with Gasteiger partial charge in [-0.25, -0.2) is 13.1 Å². The summed E-state index contributed by atoms with van der Waals surface area (Å²) in [5.74, 6) is -0.214. The Kier molecular flexibility index (Phi) is 5.71. The highest BCUT2D eigenvalue weighted by Gasteiger charge is 2.46. The first-order valence-electron chi connectivity index (χ1n) is 8.89. The molecule has 0 spiro atoms. The van der Waals surface area contributed by atoms with Gasteiger partial charge in [-0.2, -0.15) is 0 Å². The summed E-state index contributed by atoms with van der Waals surface area (Å²) in [5.41, 5.74) is -0.632. The molecule has 0 saturated heterocycles. The molecule has 1 aliphatic rings. The summed E-state index contributed by atoms with van der Waals surface area (Å²) < 4.78 is 27.8. The van der Waals surface area contributed by atoms with Crippen molar-refractivity contribution < 1.29 is 18.3 Å². The molecule has 1 aliphatic carbocycles. The molecule has 1 aromatic carbocycles. The van der Waals surface area contributed by atoms with Gasteiger partial charge in [-0.05, 0) is 54.5 Å². The van der Waals surface area contributed by atoms with Crippen molar-refractivity contribution in [3.63, 3.8) is 0 Å². The number of benzene rings is 1. The number of amides is 1. The second-order valence-electron chi connectivity index (χ2n) is 7.17. The lowest BCUT2D eigenvalue weighted by molar-refractivity contribution is -0.118. The van der Waals surface area contributed by atoms with E-state index in [1.807, 2.05) is 17.5 Å². The maximum absolute atomic E-state index is 12.6. The normalized spacial score (nSPS) is 16.9. The van der Waals surface area contributed by atoms with Crippen LogP contribution in [0.2, 0.25) is 0 Å². The summed E-state index contributed by atoms with van der Waals surface area (Å²) in [7, 11) is -3.77. The Hall–Kier alpha value is -1.74. The lowest BCUT2D eigenvalue weighted by atomic mass is 9.96. The minimum Gasteiger partial charge on any atom is -0.383 e. The Bertz CT molecular complexity index is 888. The van der Waals surface area contributed by atoms with Gasteiger partial charge >= 0.3 is 0 Å². The van der Waals surface area contributed by atoms with Crippen LogP contribution in [-0.2, 0) is 20.4 Å². The number of rotatable bonds is 8. The molecular formula is C19H24N2O4S2. The summed E-state index contributed by atoms with van der Waals surface area (Å²) >= 11 is 1.43. The van der Waals surface area contributed by atoms with Crippen molar-refractivity contribution in [2.75, 3.05) is 11.9 Å². The van der Waals surface area contributed by atoms with E-state index in [9.17, 15) is 18.3 Å². The first kappa shape index (κ1) is 20.0. The lowest BCUT2D eigenvalue weighted by Gasteiger charge is -2.27. The Morgan fingerprint density at radius 3 is 2.44 bits per heavy atom. The number of hydrogen-bond acceptors (Lipinski definition) is 5. The van der Waals surface area contributed by atoms with Crippen LogP contribution in [0.1, 0.15) is 31.6 Å². The second-order valence-corrected chi connectivity index (χ2v) is 9.88. The highest BCUT2D eigenvalue weighted by atomic mass is 32.2. The largest absolute Gasteiger partial charge is 0.383 e. The molecule has 1 unspecified atom stereocenters. The van der Waals surface area contributed by atoms with Gasteiger partial charge in [0.25, 0.3) is 0 Å². The summed E-state index contributed by atoms with van der Waals surface area (Å²) in [5, 5.41) is 15.7. The summed E-state index contributed by atoms with van der Waals surface area (Å²) in [6.45, 7) is 3.51. The van der Waals surface area contributed by atoms with Crippen molar-refractivity contribution >= 4 is 33.0 Å². The molecule has 1 heterocycles. The first-order valence-corrected chi connectivity index (χ1v) is 11.3. The average molecular weight is 409 g/mol. The van der Waals surface area contributed by atoms with E-state index in [0.29, 0.717) is 5.69 Å². The van der Waals surface area contributed by atoms with Crippen LogP contribution in [0.15, 0.2) is 46.7 Å². The van der Waals surface area contributed by atoms with Gasteiger partial charge in [0, 0.05) is 23.0 Å². The zero-order valence-electron chi connectivity index (χ0n) is 15.3. The van der Waals surface area contributed by atoms with Crippen molar-refractivity contribution in [3.8, 4) is 0 Å². The van der Waals surface area contributed by atoms with Crippen LogP contribution in [0.25, 0.3) is 0 Å². The van der Waals surface area contributed by atoms with Gasteiger partial charge in [0.15, 0.2) is 0 Å². The van der Waals surface area contributed by atoms with E-state index in [2.05, 4.69) is 10.0 Å². The molecule has 146 valence electrons. The SMILES string of the molecule is CC(C)C(=O)Nc1ccc(S(=O)(=O)NCC(O)(c2cccs2)C2CC2)cc1. The Labute approximate surface area is 163 Å². The number of aliphatic hydroxyl groups is 1. The minimum absolute atomic E-state index is 0.0631.